The van der Waals surface area contributed by atoms with Crippen LogP contribution in [0.25, 0.3) is 0 Å². The number of ether oxygens (including phenoxy) is 1. The second-order valence-corrected chi connectivity index (χ2v) is 4.41. The Morgan fingerprint density at radius 2 is 1.85 bits per heavy atom. The van der Waals surface area contributed by atoms with E-state index in [4.69, 9.17) is 4.74 Å². The zero-order valence-electron chi connectivity index (χ0n) is 8.49. The van der Waals surface area contributed by atoms with Gasteiger partial charge in [0.1, 0.15) is 0 Å². The Bertz CT molecular complexity index is 148. The summed E-state index contributed by atoms with van der Waals surface area (Å²) in [4.78, 5) is 0. The molecule has 0 saturated heterocycles. The first-order valence-corrected chi connectivity index (χ1v) is 5.01. The van der Waals surface area contributed by atoms with Crippen LogP contribution < -0.4 is 0 Å². The molecule has 1 fully saturated rings. The molecular weight excluding hydrogens is 168 g/mol. The van der Waals surface area contributed by atoms with E-state index in [1.807, 2.05) is 0 Å². The molecular formula is C10H20O3. The normalized spacial score (nSPS) is 39.7. The summed E-state index contributed by atoms with van der Waals surface area (Å²) >= 11 is 0. The molecule has 2 N–H and O–H groups in total. The van der Waals surface area contributed by atoms with Crippen molar-refractivity contribution in [3.63, 3.8) is 0 Å². The Hall–Kier alpha value is -0.120. The van der Waals surface area contributed by atoms with Gasteiger partial charge in [-0.15, -0.1) is 0 Å². The first kappa shape index (κ1) is 11.0. The van der Waals surface area contributed by atoms with E-state index in [1.54, 1.807) is 0 Å². The topological polar surface area (TPSA) is 49.7 Å². The van der Waals surface area contributed by atoms with E-state index in [2.05, 4.69) is 13.8 Å². The minimum absolute atomic E-state index is 0.0337. The molecule has 1 aliphatic carbocycles. The highest BCUT2D eigenvalue weighted by atomic mass is 16.5. The molecule has 0 heterocycles. The van der Waals surface area contributed by atoms with E-state index in [-0.39, 0.29) is 5.41 Å². The molecule has 1 rings (SSSR count). The zero-order valence-corrected chi connectivity index (χ0v) is 8.49. The summed E-state index contributed by atoms with van der Waals surface area (Å²) in [7, 11) is 0. The van der Waals surface area contributed by atoms with E-state index in [0.29, 0.717) is 19.4 Å². The molecule has 2 atom stereocenters. The monoisotopic (exact) mass is 188 g/mol. The lowest BCUT2D eigenvalue weighted by Gasteiger charge is -2.22. The van der Waals surface area contributed by atoms with E-state index < -0.39 is 12.2 Å². The van der Waals surface area contributed by atoms with Gasteiger partial charge in [0.15, 0.2) is 0 Å². The largest absolute Gasteiger partial charge is 0.390 e. The quantitative estimate of drug-likeness (QED) is 0.645. The average Bonchev–Trinajstić information content (AvgIpc) is 2.27. The Balaban J connectivity index is 2.31. The average molecular weight is 188 g/mol. The fourth-order valence-electron chi connectivity index (χ4n) is 1.95. The first-order chi connectivity index (χ1) is 6.07. The predicted molar refractivity (Wildman–Crippen MR) is 50.5 cm³/mol. The van der Waals surface area contributed by atoms with Crippen LogP contribution in [-0.2, 0) is 4.74 Å². The summed E-state index contributed by atoms with van der Waals surface area (Å²) in [6, 6.07) is 0. The van der Waals surface area contributed by atoms with Crippen molar-refractivity contribution < 1.29 is 14.9 Å². The third-order valence-corrected chi connectivity index (χ3v) is 2.65. The molecule has 3 heteroatoms. The van der Waals surface area contributed by atoms with Gasteiger partial charge < -0.3 is 14.9 Å². The van der Waals surface area contributed by atoms with Crippen LogP contribution >= 0.6 is 0 Å². The van der Waals surface area contributed by atoms with Gasteiger partial charge in [-0.1, -0.05) is 13.8 Å². The Morgan fingerprint density at radius 3 is 2.31 bits per heavy atom. The maximum Gasteiger partial charge on any atom is 0.0805 e. The highest BCUT2D eigenvalue weighted by Crippen LogP contribution is 2.38. The second-order valence-electron chi connectivity index (χ2n) is 4.41. The number of aliphatic hydroxyl groups excluding tert-OH is 2. The van der Waals surface area contributed by atoms with Crippen molar-refractivity contribution in [2.24, 2.45) is 5.41 Å². The minimum atomic E-state index is -0.560. The van der Waals surface area contributed by atoms with E-state index in [9.17, 15) is 10.2 Å². The summed E-state index contributed by atoms with van der Waals surface area (Å²) in [5.41, 5.74) is -0.0337. The molecule has 1 saturated carbocycles. The molecule has 0 spiro atoms. The van der Waals surface area contributed by atoms with Gasteiger partial charge in [0, 0.05) is 6.61 Å². The maximum absolute atomic E-state index is 9.38. The van der Waals surface area contributed by atoms with E-state index in [0.717, 1.165) is 13.0 Å². The van der Waals surface area contributed by atoms with Gasteiger partial charge in [0.2, 0.25) is 0 Å². The highest BCUT2D eigenvalue weighted by molar-refractivity contribution is 4.91. The van der Waals surface area contributed by atoms with Crippen molar-refractivity contribution >= 4 is 0 Å². The number of hydrogen-bond donors (Lipinski definition) is 2. The SMILES string of the molecule is CCCOCC1(C)CC(O)C(O)C1. The second kappa shape index (κ2) is 4.40. The van der Waals surface area contributed by atoms with Crippen LogP contribution in [0.1, 0.15) is 33.1 Å². The van der Waals surface area contributed by atoms with Crippen LogP contribution in [0.3, 0.4) is 0 Å². The molecule has 78 valence electrons. The molecule has 0 radical (unpaired) electrons. The molecule has 3 nitrogen and oxygen atoms in total. The zero-order chi connectivity index (χ0) is 9.90. The minimum Gasteiger partial charge on any atom is -0.390 e. The van der Waals surface area contributed by atoms with Crippen molar-refractivity contribution in [3.8, 4) is 0 Å². The van der Waals surface area contributed by atoms with Gasteiger partial charge >= 0.3 is 0 Å². The molecule has 0 aromatic carbocycles. The van der Waals surface area contributed by atoms with Crippen LogP contribution in [-0.4, -0.2) is 35.6 Å². The van der Waals surface area contributed by atoms with Crippen molar-refractivity contribution in [1.29, 1.82) is 0 Å². The third-order valence-electron chi connectivity index (χ3n) is 2.65. The van der Waals surface area contributed by atoms with Gasteiger partial charge in [-0.05, 0) is 24.7 Å². The lowest BCUT2D eigenvalue weighted by atomic mass is 9.90. The molecule has 0 amide bonds. The van der Waals surface area contributed by atoms with Gasteiger partial charge in [0.25, 0.3) is 0 Å². The molecule has 13 heavy (non-hydrogen) atoms. The molecule has 0 bridgehead atoms. The predicted octanol–water partition coefficient (Wildman–Crippen LogP) is 0.935. The Kier molecular flexibility index (Phi) is 3.71. The fraction of sp³-hybridized carbons (Fsp3) is 1.00. The van der Waals surface area contributed by atoms with Crippen molar-refractivity contribution in [3.05, 3.63) is 0 Å². The van der Waals surface area contributed by atoms with Crippen molar-refractivity contribution in [1.82, 2.24) is 0 Å². The van der Waals surface area contributed by atoms with E-state index in [1.165, 1.54) is 0 Å². The van der Waals surface area contributed by atoms with Gasteiger partial charge in [-0.2, -0.15) is 0 Å². The van der Waals surface area contributed by atoms with Crippen LogP contribution in [0.2, 0.25) is 0 Å². The number of rotatable bonds is 4. The van der Waals surface area contributed by atoms with Crippen LogP contribution in [0.4, 0.5) is 0 Å². The fourth-order valence-corrected chi connectivity index (χ4v) is 1.95. The summed E-state index contributed by atoms with van der Waals surface area (Å²) < 4.78 is 5.44. The Morgan fingerprint density at radius 1 is 1.31 bits per heavy atom. The summed E-state index contributed by atoms with van der Waals surface area (Å²) in [6.07, 6.45) is 1.20. The molecule has 0 aliphatic heterocycles. The standard InChI is InChI=1S/C10H20O3/c1-3-4-13-7-10(2)5-8(11)9(12)6-10/h8-9,11-12H,3-7H2,1-2H3. The lowest BCUT2D eigenvalue weighted by Crippen LogP contribution is -2.21. The van der Waals surface area contributed by atoms with Crippen LogP contribution in [0.5, 0.6) is 0 Å². The molecule has 1 aliphatic rings. The molecule has 0 aromatic rings. The number of hydrogen-bond acceptors (Lipinski definition) is 3. The van der Waals surface area contributed by atoms with Crippen molar-refractivity contribution in [2.45, 2.75) is 45.3 Å². The van der Waals surface area contributed by atoms with Crippen LogP contribution in [0, 0.1) is 5.41 Å². The molecule has 0 aromatic heterocycles. The third kappa shape index (κ3) is 2.93. The smallest absolute Gasteiger partial charge is 0.0805 e. The first-order valence-electron chi connectivity index (χ1n) is 5.01. The van der Waals surface area contributed by atoms with Gasteiger partial charge in [0.05, 0.1) is 18.8 Å². The summed E-state index contributed by atoms with van der Waals surface area (Å²) in [6.45, 7) is 5.54. The maximum atomic E-state index is 9.38. The summed E-state index contributed by atoms with van der Waals surface area (Å²) in [5, 5.41) is 18.8. The van der Waals surface area contributed by atoms with Gasteiger partial charge in [-0.25, -0.2) is 0 Å². The number of aliphatic hydroxyl groups is 2. The van der Waals surface area contributed by atoms with E-state index >= 15 is 0 Å². The van der Waals surface area contributed by atoms with Crippen LogP contribution in [0.15, 0.2) is 0 Å². The van der Waals surface area contributed by atoms with Gasteiger partial charge in [-0.3, -0.25) is 0 Å². The van der Waals surface area contributed by atoms with Crippen molar-refractivity contribution in [2.75, 3.05) is 13.2 Å². The Labute approximate surface area is 79.7 Å². The summed E-state index contributed by atoms with van der Waals surface area (Å²) in [5.74, 6) is 0. The highest BCUT2D eigenvalue weighted by Gasteiger charge is 2.40. The lowest BCUT2D eigenvalue weighted by molar-refractivity contribution is 0.0438. The molecule has 2 unspecified atom stereocenters.